The van der Waals surface area contributed by atoms with Crippen LogP contribution < -0.4 is 0 Å². The molecule has 0 aliphatic heterocycles. The molecule has 0 amide bonds. The van der Waals surface area contributed by atoms with Gasteiger partial charge in [-0.25, -0.2) is 0 Å². The van der Waals surface area contributed by atoms with Gasteiger partial charge in [0.1, 0.15) is 0 Å². The largest absolute Gasteiger partial charge is 0.391 e. The number of hydrogen-bond acceptors (Lipinski definition) is 2. The summed E-state index contributed by atoms with van der Waals surface area (Å²) < 4.78 is 35.3. The average molecular weight is 249 g/mol. The standard InChI is InChI=1S/C7H14F3NO.Cu/c1-5(11(2)3)6(12)4-7(8,9)10;/h5-6,12H,4H2,1-3H3;. The normalized spacial score (nSPS) is 16.6. The Morgan fingerprint density at radius 2 is 1.69 bits per heavy atom. The second-order valence-electron chi connectivity index (χ2n) is 3.09. The third kappa shape index (κ3) is 7.31. The summed E-state index contributed by atoms with van der Waals surface area (Å²) in [5.74, 6) is 0. The molecule has 0 bridgehead atoms. The molecule has 0 aromatic carbocycles. The minimum absolute atomic E-state index is 0. The van der Waals surface area contributed by atoms with Crippen LogP contribution in [0.5, 0.6) is 0 Å². The van der Waals surface area contributed by atoms with Gasteiger partial charge in [0, 0.05) is 23.1 Å². The zero-order chi connectivity index (χ0) is 9.94. The Kier molecular flexibility index (Phi) is 7.07. The fourth-order valence-electron chi connectivity index (χ4n) is 0.752. The summed E-state index contributed by atoms with van der Waals surface area (Å²) in [6.07, 6.45) is -6.78. The number of halogens is 3. The van der Waals surface area contributed by atoms with Gasteiger partial charge in [-0.3, -0.25) is 0 Å². The molecule has 2 atom stereocenters. The number of nitrogens with zero attached hydrogens (tertiary/aromatic N) is 1. The molecule has 0 aliphatic rings. The molecule has 0 saturated heterocycles. The maximum atomic E-state index is 11.8. The average Bonchev–Trinajstić information content (AvgIpc) is 1.82. The fourth-order valence-corrected chi connectivity index (χ4v) is 0.752. The van der Waals surface area contributed by atoms with Crippen LogP contribution in [0.4, 0.5) is 13.2 Å². The smallest absolute Gasteiger partial charge is 0.391 e. The molecule has 2 nitrogen and oxygen atoms in total. The molecule has 0 fully saturated rings. The van der Waals surface area contributed by atoms with Crippen molar-refractivity contribution in [2.75, 3.05) is 14.1 Å². The first-order valence-corrected chi connectivity index (χ1v) is 3.65. The summed E-state index contributed by atoms with van der Waals surface area (Å²) in [5.41, 5.74) is 0. The molecule has 85 valence electrons. The van der Waals surface area contributed by atoms with E-state index >= 15 is 0 Å². The minimum atomic E-state index is -4.29. The molecule has 0 aromatic rings. The van der Waals surface area contributed by atoms with Crippen molar-refractivity contribution in [1.29, 1.82) is 0 Å². The van der Waals surface area contributed by atoms with E-state index in [4.69, 9.17) is 5.11 Å². The van der Waals surface area contributed by atoms with E-state index in [1.807, 2.05) is 0 Å². The van der Waals surface area contributed by atoms with Crippen LogP contribution in [-0.4, -0.2) is 42.4 Å². The van der Waals surface area contributed by atoms with E-state index < -0.39 is 24.7 Å². The summed E-state index contributed by atoms with van der Waals surface area (Å²) in [5, 5.41) is 9.06. The first-order chi connectivity index (χ1) is 5.24. The summed E-state index contributed by atoms with van der Waals surface area (Å²) in [6, 6.07) is -0.480. The molecule has 0 aliphatic carbocycles. The molecule has 13 heavy (non-hydrogen) atoms. The molecule has 1 radical (unpaired) electrons. The number of rotatable bonds is 3. The predicted molar refractivity (Wildman–Crippen MR) is 39.8 cm³/mol. The van der Waals surface area contributed by atoms with E-state index in [0.717, 1.165) is 0 Å². The van der Waals surface area contributed by atoms with Gasteiger partial charge in [0.05, 0.1) is 12.5 Å². The molecule has 0 saturated carbocycles. The molecular formula is C7H14CuF3NO. The van der Waals surface area contributed by atoms with Gasteiger partial charge in [-0.15, -0.1) is 0 Å². The van der Waals surface area contributed by atoms with E-state index in [0.29, 0.717) is 0 Å². The van der Waals surface area contributed by atoms with Crippen molar-refractivity contribution in [3.05, 3.63) is 0 Å². The van der Waals surface area contributed by atoms with Crippen molar-refractivity contribution in [3.63, 3.8) is 0 Å². The molecular weight excluding hydrogens is 235 g/mol. The first kappa shape index (κ1) is 15.7. The van der Waals surface area contributed by atoms with Gasteiger partial charge in [-0.05, 0) is 21.0 Å². The van der Waals surface area contributed by atoms with Gasteiger partial charge in [0.25, 0.3) is 0 Å². The number of aliphatic hydroxyl groups excluding tert-OH is 1. The Balaban J connectivity index is 0. The number of likely N-dealkylation sites (N-methyl/N-ethyl adjacent to an activating group) is 1. The zero-order valence-electron chi connectivity index (χ0n) is 7.69. The van der Waals surface area contributed by atoms with E-state index in [-0.39, 0.29) is 17.1 Å². The molecule has 0 spiro atoms. The monoisotopic (exact) mass is 248 g/mol. The van der Waals surface area contributed by atoms with Crippen LogP contribution in [0.2, 0.25) is 0 Å². The van der Waals surface area contributed by atoms with Crippen LogP contribution in [0.1, 0.15) is 13.3 Å². The predicted octanol–water partition coefficient (Wildman–Crippen LogP) is 1.25. The quantitative estimate of drug-likeness (QED) is 0.760. The Morgan fingerprint density at radius 1 is 1.31 bits per heavy atom. The fraction of sp³-hybridized carbons (Fsp3) is 1.00. The van der Waals surface area contributed by atoms with Gasteiger partial charge in [-0.2, -0.15) is 13.2 Å². The van der Waals surface area contributed by atoms with Crippen LogP contribution in [0, 0.1) is 0 Å². The Labute approximate surface area is 86.6 Å². The van der Waals surface area contributed by atoms with E-state index in [1.165, 1.54) is 0 Å². The van der Waals surface area contributed by atoms with E-state index in [1.54, 1.807) is 25.9 Å². The third-order valence-electron chi connectivity index (χ3n) is 1.81. The third-order valence-corrected chi connectivity index (χ3v) is 1.81. The zero-order valence-corrected chi connectivity index (χ0v) is 8.63. The van der Waals surface area contributed by atoms with Crippen molar-refractivity contribution >= 4 is 0 Å². The van der Waals surface area contributed by atoms with Crippen LogP contribution in [0.3, 0.4) is 0 Å². The summed E-state index contributed by atoms with van der Waals surface area (Å²) in [4.78, 5) is 1.55. The van der Waals surface area contributed by atoms with Crippen LogP contribution in [0.15, 0.2) is 0 Å². The van der Waals surface area contributed by atoms with Crippen molar-refractivity contribution in [2.45, 2.75) is 31.7 Å². The van der Waals surface area contributed by atoms with Crippen molar-refractivity contribution in [1.82, 2.24) is 4.90 Å². The van der Waals surface area contributed by atoms with Crippen molar-refractivity contribution < 1.29 is 35.3 Å². The molecule has 0 heterocycles. The van der Waals surface area contributed by atoms with Gasteiger partial charge in [0.2, 0.25) is 0 Å². The topological polar surface area (TPSA) is 23.5 Å². The molecule has 0 aromatic heterocycles. The summed E-state index contributed by atoms with van der Waals surface area (Å²) in [7, 11) is 3.26. The van der Waals surface area contributed by atoms with Crippen molar-refractivity contribution in [2.24, 2.45) is 0 Å². The second-order valence-corrected chi connectivity index (χ2v) is 3.09. The first-order valence-electron chi connectivity index (χ1n) is 3.65. The van der Waals surface area contributed by atoms with Gasteiger partial charge >= 0.3 is 6.18 Å². The Bertz CT molecular complexity index is 140. The van der Waals surface area contributed by atoms with E-state index in [2.05, 4.69) is 0 Å². The van der Waals surface area contributed by atoms with Crippen LogP contribution in [0.25, 0.3) is 0 Å². The number of hydrogen-bond donors (Lipinski definition) is 1. The maximum Gasteiger partial charge on any atom is 0.391 e. The number of aliphatic hydroxyl groups is 1. The second kappa shape index (κ2) is 5.85. The maximum absolute atomic E-state index is 11.8. The molecule has 2 unspecified atom stereocenters. The van der Waals surface area contributed by atoms with E-state index in [9.17, 15) is 13.2 Å². The summed E-state index contributed by atoms with van der Waals surface area (Å²) >= 11 is 0. The molecule has 1 N–H and O–H groups in total. The molecule has 6 heteroatoms. The van der Waals surface area contributed by atoms with Gasteiger partial charge < -0.3 is 10.0 Å². The SMILES string of the molecule is CC(C(O)CC(F)(F)F)N(C)C.[Cu]. The van der Waals surface area contributed by atoms with Crippen LogP contribution in [-0.2, 0) is 17.1 Å². The minimum Gasteiger partial charge on any atom is -0.391 e. The summed E-state index contributed by atoms with van der Waals surface area (Å²) in [6.45, 7) is 1.55. The van der Waals surface area contributed by atoms with Crippen molar-refractivity contribution in [3.8, 4) is 0 Å². The Hall–Kier alpha value is 0.229. The van der Waals surface area contributed by atoms with Gasteiger partial charge in [0.15, 0.2) is 0 Å². The van der Waals surface area contributed by atoms with Crippen LogP contribution >= 0.6 is 0 Å². The number of alkyl halides is 3. The Morgan fingerprint density at radius 3 is 1.92 bits per heavy atom. The molecule has 0 rings (SSSR count). The van der Waals surface area contributed by atoms with Gasteiger partial charge in [-0.1, -0.05) is 0 Å².